The minimum Gasteiger partial charge on any atom is -0.294 e. The summed E-state index contributed by atoms with van der Waals surface area (Å²) in [6, 6.07) is 12.7. The van der Waals surface area contributed by atoms with Gasteiger partial charge in [-0.25, -0.2) is 0 Å². The molecule has 1 nitrogen and oxygen atoms in total. The van der Waals surface area contributed by atoms with Crippen LogP contribution in [0.4, 0.5) is 0 Å². The summed E-state index contributed by atoms with van der Waals surface area (Å²) >= 11 is 0. The van der Waals surface area contributed by atoms with Gasteiger partial charge >= 0.3 is 0 Å². The topological polar surface area (TPSA) is 17.1 Å². The predicted molar refractivity (Wildman–Crippen MR) is 80.6 cm³/mol. The second-order valence-electron chi connectivity index (χ2n) is 5.82. The second kappa shape index (κ2) is 4.17. The zero-order chi connectivity index (χ0) is 13.7. The molecular formula is C19H16O. The third-order valence-electron chi connectivity index (χ3n) is 4.37. The van der Waals surface area contributed by atoms with Crippen LogP contribution in [0.15, 0.2) is 36.4 Å². The molecule has 2 aliphatic rings. The molecule has 2 aromatic rings. The van der Waals surface area contributed by atoms with Crippen molar-refractivity contribution in [3.8, 4) is 0 Å². The maximum Gasteiger partial charge on any atom is 0.164 e. The van der Waals surface area contributed by atoms with Gasteiger partial charge in [0.05, 0.1) is 0 Å². The number of Topliss-reactive ketones (excluding diaryl/α,β-unsaturated/α-hetero) is 1. The van der Waals surface area contributed by atoms with Crippen molar-refractivity contribution < 1.29 is 4.79 Å². The number of ketones is 1. The van der Waals surface area contributed by atoms with Gasteiger partial charge in [0.15, 0.2) is 5.78 Å². The third-order valence-corrected chi connectivity index (χ3v) is 4.37. The highest BCUT2D eigenvalue weighted by Crippen LogP contribution is 2.20. The Kier molecular flexibility index (Phi) is 2.43. The van der Waals surface area contributed by atoms with E-state index in [2.05, 4.69) is 55.5 Å². The van der Waals surface area contributed by atoms with E-state index >= 15 is 0 Å². The molecule has 20 heavy (non-hydrogen) atoms. The molecule has 2 aromatic carbocycles. The van der Waals surface area contributed by atoms with Crippen LogP contribution in [-0.4, -0.2) is 5.78 Å². The zero-order valence-corrected chi connectivity index (χ0v) is 11.5. The van der Waals surface area contributed by atoms with Crippen LogP contribution in [0.5, 0.6) is 0 Å². The van der Waals surface area contributed by atoms with E-state index in [4.69, 9.17) is 0 Å². The number of fused-ring (bicyclic) bond motifs is 4. The largest absolute Gasteiger partial charge is 0.294 e. The van der Waals surface area contributed by atoms with Crippen molar-refractivity contribution in [1.82, 2.24) is 0 Å². The molecule has 0 saturated carbocycles. The van der Waals surface area contributed by atoms with E-state index in [0.29, 0.717) is 18.1 Å². The summed E-state index contributed by atoms with van der Waals surface area (Å²) in [6.45, 7) is 2.11. The van der Waals surface area contributed by atoms with E-state index in [1.165, 1.54) is 21.2 Å². The van der Waals surface area contributed by atoms with Gasteiger partial charge in [-0.3, -0.25) is 4.79 Å². The summed E-state index contributed by atoms with van der Waals surface area (Å²) in [4.78, 5) is 12.4. The van der Waals surface area contributed by atoms with Crippen LogP contribution in [0.1, 0.15) is 29.3 Å². The first kappa shape index (κ1) is 11.7. The fourth-order valence-electron chi connectivity index (χ4n) is 3.49. The van der Waals surface area contributed by atoms with Crippen LogP contribution in [0.2, 0.25) is 0 Å². The third kappa shape index (κ3) is 1.59. The van der Waals surface area contributed by atoms with Crippen molar-refractivity contribution >= 4 is 17.9 Å². The van der Waals surface area contributed by atoms with Gasteiger partial charge < -0.3 is 0 Å². The van der Waals surface area contributed by atoms with Crippen molar-refractivity contribution in [3.63, 3.8) is 0 Å². The Balaban J connectivity index is 2.22. The molecule has 0 aliphatic heterocycles. The van der Waals surface area contributed by atoms with Crippen LogP contribution in [-0.2, 0) is 6.42 Å². The number of hydrogen-bond acceptors (Lipinski definition) is 1. The van der Waals surface area contributed by atoms with Crippen LogP contribution < -0.4 is 10.4 Å². The van der Waals surface area contributed by atoms with E-state index in [-0.39, 0.29) is 0 Å². The highest BCUT2D eigenvalue weighted by Gasteiger charge is 2.20. The molecular weight excluding hydrogens is 244 g/mol. The van der Waals surface area contributed by atoms with Gasteiger partial charge in [0.25, 0.3) is 0 Å². The molecule has 4 rings (SSSR count). The molecule has 1 atom stereocenters. The van der Waals surface area contributed by atoms with Gasteiger partial charge in [0, 0.05) is 12.0 Å². The van der Waals surface area contributed by atoms with Crippen molar-refractivity contribution in [1.29, 1.82) is 0 Å². The highest BCUT2D eigenvalue weighted by atomic mass is 16.1. The molecule has 0 heterocycles. The summed E-state index contributed by atoms with van der Waals surface area (Å²) in [7, 11) is 0. The molecule has 0 radical (unpaired) electrons. The van der Waals surface area contributed by atoms with Crippen LogP contribution >= 0.6 is 0 Å². The Morgan fingerprint density at radius 2 is 1.85 bits per heavy atom. The van der Waals surface area contributed by atoms with Gasteiger partial charge in [-0.05, 0) is 38.8 Å². The fourth-order valence-corrected chi connectivity index (χ4v) is 3.49. The summed E-state index contributed by atoms with van der Waals surface area (Å²) in [6.07, 6.45) is 5.98. The Labute approximate surface area is 117 Å². The number of hydrogen-bond donors (Lipinski definition) is 0. The molecule has 0 spiro atoms. The molecule has 1 unspecified atom stereocenters. The molecule has 0 N–H and O–H groups in total. The normalized spacial score (nSPS) is 19.2. The van der Waals surface area contributed by atoms with Gasteiger partial charge in [0.1, 0.15) is 0 Å². The van der Waals surface area contributed by atoms with Crippen LogP contribution in [0.3, 0.4) is 0 Å². The molecule has 1 heteroatoms. The van der Waals surface area contributed by atoms with Crippen LogP contribution in [0.25, 0.3) is 12.2 Å². The Morgan fingerprint density at radius 3 is 2.75 bits per heavy atom. The standard InChI is InChI=1S/C19H16O/c1-12-10-14-7-8-16-15-5-3-2-4-13(15)6-9-17(16)19(14)18(20)11-12/h2-8,10,12H,9,11H2,1H3. The van der Waals surface area contributed by atoms with Crippen molar-refractivity contribution in [2.24, 2.45) is 5.92 Å². The lowest BCUT2D eigenvalue weighted by Crippen LogP contribution is -2.26. The number of benzene rings is 2. The predicted octanol–water partition coefficient (Wildman–Crippen LogP) is 2.31. The monoisotopic (exact) mass is 260 g/mol. The first-order valence-electron chi connectivity index (χ1n) is 7.20. The number of carbonyl (C=O) groups excluding carboxylic acids is 1. The lowest BCUT2D eigenvalue weighted by atomic mass is 9.85. The van der Waals surface area contributed by atoms with Crippen molar-refractivity contribution in [2.75, 3.05) is 0 Å². The van der Waals surface area contributed by atoms with Gasteiger partial charge in [0.2, 0.25) is 0 Å². The van der Waals surface area contributed by atoms with Gasteiger partial charge in [-0.2, -0.15) is 0 Å². The molecule has 0 aromatic heterocycles. The smallest absolute Gasteiger partial charge is 0.164 e. The average molecular weight is 260 g/mol. The molecule has 0 saturated heterocycles. The molecule has 2 aliphatic carbocycles. The minimum atomic E-state index is 0.305. The maximum absolute atomic E-state index is 12.4. The van der Waals surface area contributed by atoms with E-state index in [9.17, 15) is 4.79 Å². The number of carbonyl (C=O) groups is 1. The molecule has 0 amide bonds. The van der Waals surface area contributed by atoms with E-state index < -0.39 is 0 Å². The molecule has 98 valence electrons. The van der Waals surface area contributed by atoms with E-state index in [0.717, 1.165) is 17.2 Å². The van der Waals surface area contributed by atoms with E-state index in [1.54, 1.807) is 0 Å². The average Bonchev–Trinajstić information content (AvgIpc) is 2.46. The molecule has 0 bridgehead atoms. The van der Waals surface area contributed by atoms with Gasteiger partial charge in [-0.1, -0.05) is 55.5 Å². The summed E-state index contributed by atoms with van der Waals surface area (Å²) < 4.78 is 0. The maximum atomic E-state index is 12.4. The fraction of sp³-hybridized carbons (Fsp3) is 0.211. The Hall–Kier alpha value is -2.15. The second-order valence-corrected chi connectivity index (χ2v) is 5.82. The summed E-state index contributed by atoms with van der Waals surface area (Å²) in [5.41, 5.74) is 2.18. The first-order chi connectivity index (χ1) is 9.74. The lowest BCUT2D eigenvalue weighted by Gasteiger charge is -2.18. The summed E-state index contributed by atoms with van der Waals surface area (Å²) in [5.74, 6) is 0.660. The van der Waals surface area contributed by atoms with Crippen LogP contribution in [0, 0.1) is 16.4 Å². The first-order valence-corrected chi connectivity index (χ1v) is 7.20. The van der Waals surface area contributed by atoms with Crippen molar-refractivity contribution in [3.05, 3.63) is 68.4 Å². The van der Waals surface area contributed by atoms with Crippen molar-refractivity contribution in [2.45, 2.75) is 19.8 Å². The Bertz CT molecular complexity index is 935. The quantitative estimate of drug-likeness (QED) is 0.710. The Morgan fingerprint density at radius 1 is 1.00 bits per heavy atom. The zero-order valence-electron chi connectivity index (χ0n) is 11.5. The lowest BCUT2D eigenvalue weighted by molar-refractivity contribution is 0.0968. The SMILES string of the molecule is CC1C=c2ccc3c(c2C(=O)C1)CC=c1ccccc1=3. The highest BCUT2D eigenvalue weighted by molar-refractivity contribution is 6.00. The minimum absolute atomic E-state index is 0.305. The summed E-state index contributed by atoms with van der Waals surface area (Å²) in [5, 5.41) is 4.89. The van der Waals surface area contributed by atoms with Gasteiger partial charge in [-0.15, -0.1) is 0 Å². The number of rotatable bonds is 0. The molecule has 0 fully saturated rings. The van der Waals surface area contributed by atoms with E-state index in [1.807, 2.05) is 0 Å².